The van der Waals surface area contributed by atoms with Gasteiger partial charge in [-0.1, -0.05) is 97.1 Å². The number of hydrogen-bond donors (Lipinski definition) is 1. The predicted molar refractivity (Wildman–Crippen MR) is 136 cm³/mol. The summed E-state index contributed by atoms with van der Waals surface area (Å²) in [4.78, 5) is 0. The summed E-state index contributed by atoms with van der Waals surface area (Å²) in [5.74, 6) is 0. The Kier molecular flexibility index (Phi) is 6.44. The van der Waals surface area contributed by atoms with Crippen LogP contribution < -0.4 is 5.32 Å². The van der Waals surface area contributed by atoms with E-state index >= 15 is 0 Å². The van der Waals surface area contributed by atoms with Crippen molar-refractivity contribution in [1.82, 2.24) is 0 Å². The first kappa shape index (κ1) is 20.4. The third-order valence-corrected chi connectivity index (χ3v) is 5.38. The molecule has 4 rings (SSSR count). The molecule has 0 aliphatic carbocycles. The summed E-state index contributed by atoms with van der Waals surface area (Å²) in [6.45, 7) is 4.29. The van der Waals surface area contributed by atoms with E-state index in [0.29, 0.717) is 0 Å². The van der Waals surface area contributed by atoms with Crippen molar-refractivity contribution in [3.63, 3.8) is 0 Å². The zero-order valence-corrected chi connectivity index (χ0v) is 18.0. The monoisotopic (exact) mass is 401 g/mol. The van der Waals surface area contributed by atoms with Crippen molar-refractivity contribution in [2.45, 2.75) is 13.8 Å². The van der Waals surface area contributed by atoms with Crippen molar-refractivity contribution in [3.05, 3.63) is 130 Å². The molecule has 0 heterocycles. The molecule has 0 spiro atoms. The second kappa shape index (κ2) is 9.77. The lowest BCUT2D eigenvalue weighted by Crippen LogP contribution is -1.90. The lowest BCUT2D eigenvalue weighted by atomic mass is 10.1. The Hall–Kier alpha value is -3.84. The topological polar surface area (TPSA) is 12.0 Å². The highest BCUT2D eigenvalue weighted by Gasteiger charge is 1.97. The molecule has 4 aromatic carbocycles. The Balaban J connectivity index is 1.36. The zero-order chi connectivity index (χ0) is 21.5. The molecule has 1 nitrogen and oxygen atoms in total. The molecular weight excluding hydrogens is 374 g/mol. The fourth-order valence-corrected chi connectivity index (χ4v) is 3.34. The van der Waals surface area contributed by atoms with Crippen LogP contribution in [0.5, 0.6) is 0 Å². The minimum atomic E-state index is 1.08. The van der Waals surface area contributed by atoms with Gasteiger partial charge < -0.3 is 5.32 Å². The highest BCUT2D eigenvalue weighted by molar-refractivity contribution is 5.73. The molecule has 0 aromatic heterocycles. The Bertz CT molecular complexity index is 1180. The van der Waals surface area contributed by atoms with Crippen LogP contribution in [0.2, 0.25) is 0 Å². The largest absolute Gasteiger partial charge is 0.356 e. The van der Waals surface area contributed by atoms with Crippen LogP contribution >= 0.6 is 0 Å². The molecule has 152 valence electrons. The third kappa shape index (κ3) is 5.83. The smallest absolute Gasteiger partial charge is 0.0384 e. The molecule has 0 saturated heterocycles. The number of anilines is 2. The molecule has 0 radical (unpaired) electrons. The summed E-state index contributed by atoms with van der Waals surface area (Å²) >= 11 is 0. The van der Waals surface area contributed by atoms with E-state index < -0.39 is 0 Å². The van der Waals surface area contributed by atoms with Crippen LogP contribution in [-0.2, 0) is 0 Å². The Morgan fingerprint density at radius 1 is 0.452 bits per heavy atom. The Morgan fingerprint density at radius 3 is 1.42 bits per heavy atom. The van der Waals surface area contributed by atoms with Gasteiger partial charge in [-0.3, -0.25) is 0 Å². The van der Waals surface area contributed by atoms with E-state index in [0.717, 1.165) is 11.4 Å². The van der Waals surface area contributed by atoms with Crippen molar-refractivity contribution in [1.29, 1.82) is 0 Å². The van der Waals surface area contributed by atoms with Gasteiger partial charge in [0.2, 0.25) is 0 Å². The van der Waals surface area contributed by atoms with Gasteiger partial charge in [0.05, 0.1) is 0 Å². The van der Waals surface area contributed by atoms with Gasteiger partial charge in [-0.25, -0.2) is 0 Å². The molecule has 1 heteroatoms. The van der Waals surface area contributed by atoms with E-state index in [-0.39, 0.29) is 0 Å². The van der Waals surface area contributed by atoms with E-state index in [1.54, 1.807) is 0 Å². The predicted octanol–water partition coefficient (Wildman–Crippen LogP) is 8.39. The molecule has 0 bridgehead atoms. The van der Waals surface area contributed by atoms with Crippen molar-refractivity contribution in [3.8, 4) is 0 Å². The number of benzene rings is 4. The fourth-order valence-electron chi connectivity index (χ4n) is 3.34. The van der Waals surface area contributed by atoms with E-state index in [9.17, 15) is 0 Å². The Morgan fingerprint density at radius 2 is 0.903 bits per heavy atom. The second-order valence-corrected chi connectivity index (χ2v) is 7.79. The molecule has 31 heavy (non-hydrogen) atoms. The van der Waals surface area contributed by atoms with Gasteiger partial charge in [0.25, 0.3) is 0 Å². The molecule has 0 aliphatic heterocycles. The van der Waals surface area contributed by atoms with Gasteiger partial charge in [-0.15, -0.1) is 0 Å². The fraction of sp³-hybridized carbons (Fsp3) is 0.0667. The first-order valence-corrected chi connectivity index (χ1v) is 10.6. The van der Waals surface area contributed by atoms with Crippen molar-refractivity contribution < 1.29 is 0 Å². The number of nitrogens with one attached hydrogen (secondary N) is 1. The van der Waals surface area contributed by atoms with Gasteiger partial charge in [-0.05, 0) is 71.5 Å². The minimum Gasteiger partial charge on any atom is -0.356 e. The van der Waals surface area contributed by atoms with Crippen LogP contribution in [0.25, 0.3) is 24.3 Å². The SMILES string of the molecule is Cc1ccc(/C=C/c2ccc(Nc3ccc(/C=C/c4ccccc4)cc3)cc2)cc1C. The number of hydrogen-bond acceptors (Lipinski definition) is 1. The van der Waals surface area contributed by atoms with Crippen LogP contribution in [0, 0.1) is 13.8 Å². The summed E-state index contributed by atoms with van der Waals surface area (Å²) in [6.07, 6.45) is 8.58. The maximum atomic E-state index is 3.47. The summed E-state index contributed by atoms with van der Waals surface area (Å²) in [5, 5.41) is 3.47. The van der Waals surface area contributed by atoms with Gasteiger partial charge >= 0.3 is 0 Å². The van der Waals surface area contributed by atoms with E-state index in [1.807, 2.05) is 6.07 Å². The molecule has 0 aliphatic rings. The first-order valence-electron chi connectivity index (χ1n) is 10.6. The maximum Gasteiger partial charge on any atom is 0.0384 e. The summed E-state index contributed by atoms with van der Waals surface area (Å²) in [5.41, 5.74) is 9.61. The summed E-state index contributed by atoms with van der Waals surface area (Å²) < 4.78 is 0. The molecule has 0 fully saturated rings. The molecule has 0 saturated carbocycles. The van der Waals surface area contributed by atoms with Crippen molar-refractivity contribution >= 4 is 35.7 Å². The van der Waals surface area contributed by atoms with Crippen molar-refractivity contribution in [2.24, 2.45) is 0 Å². The van der Waals surface area contributed by atoms with Crippen LogP contribution in [0.4, 0.5) is 11.4 Å². The minimum absolute atomic E-state index is 1.08. The molecule has 0 unspecified atom stereocenters. The van der Waals surface area contributed by atoms with Crippen LogP contribution in [0.3, 0.4) is 0 Å². The van der Waals surface area contributed by atoms with Gasteiger partial charge in [0.15, 0.2) is 0 Å². The average molecular weight is 402 g/mol. The Labute approximate surface area is 185 Å². The molecular formula is C30H27N. The highest BCUT2D eigenvalue weighted by atomic mass is 14.9. The summed E-state index contributed by atoms with van der Waals surface area (Å²) in [7, 11) is 0. The van der Waals surface area contributed by atoms with Crippen LogP contribution in [-0.4, -0.2) is 0 Å². The van der Waals surface area contributed by atoms with E-state index in [4.69, 9.17) is 0 Å². The second-order valence-electron chi connectivity index (χ2n) is 7.79. The zero-order valence-electron chi connectivity index (χ0n) is 18.0. The molecule has 0 amide bonds. The number of aryl methyl sites for hydroxylation is 2. The number of rotatable bonds is 6. The highest BCUT2D eigenvalue weighted by Crippen LogP contribution is 2.20. The van der Waals surface area contributed by atoms with Gasteiger partial charge in [0.1, 0.15) is 0 Å². The van der Waals surface area contributed by atoms with Crippen LogP contribution in [0.15, 0.2) is 97.1 Å². The lowest BCUT2D eigenvalue weighted by Gasteiger charge is -2.07. The van der Waals surface area contributed by atoms with E-state index in [2.05, 4.69) is 134 Å². The third-order valence-electron chi connectivity index (χ3n) is 5.38. The lowest BCUT2D eigenvalue weighted by molar-refractivity contribution is 1.33. The van der Waals surface area contributed by atoms with Gasteiger partial charge in [0, 0.05) is 11.4 Å². The molecule has 1 N–H and O–H groups in total. The van der Waals surface area contributed by atoms with Gasteiger partial charge in [-0.2, -0.15) is 0 Å². The normalized spacial score (nSPS) is 11.3. The standard InChI is InChI=1S/C30H27N/c1-23-8-9-28(22-24(23)2)13-12-27-16-20-30(21-17-27)31-29-18-14-26(15-19-29)11-10-25-6-4-3-5-7-25/h3-22,31H,1-2H3/b11-10+,13-12+. The van der Waals surface area contributed by atoms with E-state index in [1.165, 1.54) is 33.4 Å². The molecule has 4 aromatic rings. The van der Waals surface area contributed by atoms with Crippen LogP contribution in [0.1, 0.15) is 33.4 Å². The van der Waals surface area contributed by atoms with Crippen molar-refractivity contribution in [2.75, 3.05) is 5.32 Å². The summed E-state index contributed by atoms with van der Waals surface area (Å²) in [6, 6.07) is 33.9. The molecule has 0 atom stereocenters. The first-order chi connectivity index (χ1) is 15.2. The average Bonchev–Trinajstić information content (AvgIpc) is 2.81. The quantitative estimate of drug-likeness (QED) is 0.320. The maximum absolute atomic E-state index is 3.47.